The average Bonchev–Trinajstić information content (AvgIpc) is 2.84. The van der Waals surface area contributed by atoms with Crippen LogP contribution >= 0.6 is 0 Å². The van der Waals surface area contributed by atoms with Gasteiger partial charge in [-0.3, -0.25) is 9.59 Å². The van der Waals surface area contributed by atoms with E-state index in [0.717, 1.165) is 0 Å². The van der Waals surface area contributed by atoms with E-state index in [0.29, 0.717) is 33.4 Å². The van der Waals surface area contributed by atoms with Gasteiger partial charge in [0.05, 0.1) is 5.56 Å². The van der Waals surface area contributed by atoms with Crippen molar-refractivity contribution in [3.05, 3.63) is 59.7 Å². The molecule has 3 nitrogen and oxygen atoms in total. The van der Waals surface area contributed by atoms with Gasteiger partial charge >= 0.3 is 0 Å². The van der Waals surface area contributed by atoms with Crippen molar-refractivity contribution in [2.24, 2.45) is 0 Å². The Kier molecular flexibility index (Phi) is 1.85. The standard InChI is InChI=1S/C16H8O3/c17-14-9-5-1-2-6-10(9)16-13(15(14)18)11-7-3-4-8-12(11)19-16/h1-8H. The van der Waals surface area contributed by atoms with Crippen LogP contribution < -0.4 is 0 Å². The Morgan fingerprint density at radius 2 is 1.42 bits per heavy atom. The number of furan rings is 1. The third-order valence-corrected chi connectivity index (χ3v) is 3.45. The zero-order valence-corrected chi connectivity index (χ0v) is 9.84. The molecule has 0 N–H and O–H groups in total. The highest BCUT2D eigenvalue weighted by Crippen LogP contribution is 2.39. The molecule has 0 radical (unpaired) electrons. The summed E-state index contributed by atoms with van der Waals surface area (Å²) < 4.78 is 5.76. The number of fused-ring (bicyclic) bond motifs is 5. The highest BCUT2D eigenvalue weighted by molar-refractivity contribution is 6.54. The van der Waals surface area contributed by atoms with Crippen molar-refractivity contribution in [1.29, 1.82) is 0 Å². The summed E-state index contributed by atoms with van der Waals surface area (Å²) >= 11 is 0. The van der Waals surface area contributed by atoms with E-state index in [2.05, 4.69) is 0 Å². The van der Waals surface area contributed by atoms with Crippen LogP contribution in [0.25, 0.3) is 22.3 Å². The Bertz CT molecular complexity index is 855. The summed E-state index contributed by atoms with van der Waals surface area (Å²) in [6, 6.07) is 14.3. The van der Waals surface area contributed by atoms with Crippen LogP contribution in [0.4, 0.5) is 0 Å². The third kappa shape index (κ3) is 1.21. The van der Waals surface area contributed by atoms with Crippen molar-refractivity contribution in [3.63, 3.8) is 0 Å². The summed E-state index contributed by atoms with van der Waals surface area (Å²) in [6.45, 7) is 0. The number of ketones is 2. The fraction of sp³-hybridized carbons (Fsp3) is 0. The van der Waals surface area contributed by atoms with E-state index in [9.17, 15) is 9.59 Å². The number of benzene rings is 2. The van der Waals surface area contributed by atoms with Crippen LogP contribution in [-0.4, -0.2) is 11.6 Å². The number of hydrogen-bond acceptors (Lipinski definition) is 3. The van der Waals surface area contributed by atoms with Crippen LogP contribution in [0.5, 0.6) is 0 Å². The van der Waals surface area contributed by atoms with Gasteiger partial charge in [0.25, 0.3) is 0 Å². The van der Waals surface area contributed by atoms with Crippen molar-refractivity contribution in [3.8, 4) is 11.3 Å². The molecule has 2 aromatic carbocycles. The molecule has 0 aliphatic heterocycles. The molecule has 4 rings (SSSR count). The van der Waals surface area contributed by atoms with Crippen molar-refractivity contribution in [2.45, 2.75) is 0 Å². The Morgan fingerprint density at radius 3 is 2.26 bits per heavy atom. The van der Waals surface area contributed by atoms with Gasteiger partial charge in [0.2, 0.25) is 11.6 Å². The summed E-state index contributed by atoms with van der Waals surface area (Å²) in [5, 5.41) is 0.699. The summed E-state index contributed by atoms with van der Waals surface area (Å²) in [7, 11) is 0. The molecule has 0 fully saturated rings. The first-order valence-corrected chi connectivity index (χ1v) is 5.97. The first-order valence-electron chi connectivity index (χ1n) is 5.97. The smallest absolute Gasteiger partial charge is 0.238 e. The summed E-state index contributed by atoms with van der Waals surface area (Å²) in [5.41, 5.74) is 2.13. The minimum atomic E-state index is -0.487. The molecule has 1 aromatic heterocycles. The fourth-order valence-corrected chi connectivity index (χ4v) is 2.58. The highest BCUT2D eigenvalue weighted by Gasteiger charge is 2.34. The number of para-hydroxylation sites is 1. The van der Waals surface area contributed by atoms with Crippen LogP contribution in [0.3, 0.4) is 0 Å². The molecule has 0 atom stereocenters. The lowest BCUT2D eigenvalue weighted by atomic mass is 9.87. The van der Waals surface area contributed by atoms with Gasteiger partial charge in [0.15, 0.2) is 0 Å². The van der Waals surface area contributed by atoms with Crippen molar-refractivity contribution < 1.29 is 14.0 Å². The molecule has 0 saturated carbocycles. The number of rotatable bonds is 0. The fourth-order valence-electron chi connectivity index (χ4n) is 2.58. The minimum Gasteiger partial charge on any atom is -0.455 e. The number of carbonyl (C=O) groups excluding carboxylic acids is 2. The molecule has 3 aromatic rings. The average molecular weight is 248 g/mol. The predicted octanol–water partition coefficient (Wildman–Crippen LogP) is 3.48. The van der Waals surface area contributed by atoms with Gasteiger partial charge < -0.3 is 4.42 Å². The lowest BCUT2D eigenvalue weighted by Gasteiger charge is -2.12. The first kappa shape index (κ1) is 10.3. The maximum Gasteiger partial charge on any atom is 0.238 e. The van der Waals surface area contributed by atoms with E-state index in [-0.39, 0.29) is 0 Å². The number of hydrogen-bond donors (Lipinski definition) is 0. The molecule has 0 amide bonds. The van der Waals surface area contributed by atoms with E-state index in [1.165, 1.54) is 0 Å². The van der Waals surface area contributed by atoms with Crippen LogP contribution in [0, 0.1) is 0 Å². The molecule has 1 aliphatic rings. The van der Waals surface area contributed by atoms with Gasteiger partial charge in [0, 0.05) is 16.5 Å². The largest absolute Gasteiger partial charge is 0.455 e. The summed E-state index contributed by atoms with van der Waals surface area (Å²) in [6.07, 6.45) is 0. The topological polar surface area (TPSA) is 47.3 Å². The monoisotopic (exact) mass is 248 g/mol. The second-order valence-electron chi connectivity index (χ2n) is 4.51. The van der Waals surface area contributed by atoms with E-state index in [1.807, 2.05) is 18.2 Å². The second-order valence-corrected chi connectivity index (χ2v) is 4.51. The van der Waals surface area contributed by atoms with E-state index < -0.39 is 11.6 Å². The van der Waals surface area contributed by atoms with Crippen molar-refractivity contribution in [2.75, 3.05) is 0 Å². The Morgan fingerprint density at radius 1 is 0.737 bits per heavy atom. The molecular formula is C16H8O3. The maximum absolute atomic E-state index is 12.2. The maximum atomic E-state index is 12.2. The molecule has 1 aliphatic carbocycles. The van der Waals surface area contributed by atoms with Gasteiger partial charge in [0.1, 0.15) is 11.3 Å². The second kappa shape index (κ2) is 3.42. The van der Waals surface area contributed by atoms with Gasteiger partial charge in [-0.1, -0.05) is 42.5 Å². The quantitative estimate of drug-likeness (QED) is 0.572. The lowest BCUT2D eigenvalue weighted by Crippen LogP contribution is -2.20. The summed E-state index contributed by atoms with van der Waals surface area (Å²) in [5.74, 6) is -0.449. The van der Waals surface area contributed by atoms with Crippen molar-refractivity contribution >= 4 is 22.5 Å². The molecule has 1 heterocycles. The van der Waals surface area contributed by atoms with Crippen molar-refractivity contribution in [1.82, 2.24) is 0 Å². The predicted molar refractivity (Wildman–Crippen MR) is 70.3 cm³/mol. The molecule has 19 heavy (non-hydrogen) atoms. The van der Waals surface area contributed by atoms with Crippen LogP contribution in [-0.2, 0) is 0 Å². The van der Waals surface area contributed by atoms with Gasteiger partial charge in [-0.05, 0) is 6.07 Å². The first-order chi connectivity index (χ1) is 9.27. The molecule has 90 valence electrons. The Labute approximate surface area is 108 Å². The molecule has 0 bridgehead atoms. The van der Waals surface area contributed by atoms with Crippen LogP contribution in [0.2, 0.25) is 0 Å². The molecular weight excluding hydrogens is 240 g/mol. The molecule has 0 unspecified atom stereocenters. The Hall–Kier alpha value is -2.68. The van der Waals surface area contributed by atoms with Gasteiger partial charge in [-0.2, -0.15) is 0 Å². The third-order valence-electron chi connectivity index (χ3n) is 3.45. The van der Waals surface area contributed by atoms with Crippen LogP contribution in [0.1, 0.15) is 20.7 Å². The molecule has 0 spiro atoms. The number of carbonyl (C=O) groups is 2. The van der Waals surface area contributed by atoms with Gasteiger partial charge in [-0.25, -0.2) is 0 Å². The normalized spacial score (nSPS) is 13.5. The van der Waals surface area contributed by atoms with E-state index in [4.69, 9.17) is 4.42 Å². The molecule has 3 heteroatoms. The SMILES string of the molecule is O=C1C(=O)c2c(oc3ccccc23)-c2ccccc21. The number of Topliss-reactive ketones (excluding diaryl/α,β-unsaturated/α-hetero) is 2. The van der Waals surface area contributed by atoms with E-state index in [1.54, 1.807) is 30.3 Å². The van der Waals surface area contributed by atoms with E-state index >= 15 is 0 Å². The lowest BCUT2D eigenvalue weighted by molar-refractivity contribution is 0.0815. The summed E-state index contributed by atoms with van der Waals surface area (Å²) in [4.78, 5) is 24.4. The molecule has 0 saturated heterocycles. The zero-order valence-electron chi connectivity index (χ0n) is 9.84. The van der Waals surface area contributed by atoms with Gasteiger partial charge in [-0.15, -0.1) is 0 Å². The Balaban J connectivity index is 2.20. The highest BCUT2D eigenvalue weighted by atomic mass is 16.3. The minimum absolute atomic E-state index is 0.388. The zero-order chi connectivity index (χ0) is 13.0. The van der Waals surface area contributed by atoms with Crippen LogP contribution in [0.15, 0.2) is 52.9 Å².